The lowest BCUT2D eigenvalue weighted by molar-refractivity contribution is -0.385. The standard InChI is InChI=1S/C11H15N3O3/c1-7-5-11(12-6-9(7)14(16)17)13-8-3-2-4-10(8)15/h5-6,8,10,15H,2-4H2,1H3,(H,12,13). The van der Waals surface area contributed by atoms with Gasteiger partial charge in [0.15, 0.2) is 0 Å². The third kappa shape index (κ3) is 2.52. The maximum absolute atomic E-state index is 10.6. The summed E-state index contributed by atoms with van der Waals surface area (Å²) in [5.74, 6) is 0.582. The van der Waals surface area contributed by atoms with E-state index in [4.69, 9.17) is 0 Å². The molecule has 92 valence electrons. The molecule has 1 aromatic heterocycles. The van der Waals surface area contributed by atoms with Gasteiger partial charge in [0, 0.05) is 5.56 Å². The number of rotatable bonds is 3. The lowest BCUT2D eigenvalue weighted by Gasteiger charge is -2.17. The maximum Gasteiger partial charge on any atom is 0.290 e. The number of hydrogen-bond donors (Lipinski definition) is 2. The van der Waals surface area contributed by atoms with Crippen LogP contribution in [0.5, 0.6) is 0 Å². The van der Waals surface area contributed by atoms with Crippen LogP contribution in [0, 0.1) is 17.0 Å². The van der Waals surface area contributed by atoms with Crippen molar-refractivity contribution in [1.82, 2.24) is 4.98 Å². The van der Waals surface area contributed by atoms with Crippen molar-refractivity contribution in [2.45, 2.75) is 38.3 Å². The predicted molar refractivity (Wildman–Crippen MR) is 62.9 cm³/mol. The second kappa shape index (κ2) is 4.67. The van der Waals surface area contributed by atoms with Crippen molar-refractivity contribution in [1.29, 1.82) is 0 Å². The van der Waals surface area contributed by atoms with E-state index < -0.39 is 4.92 Å². The Morgan fingerprint density at radius 3 is 2.88 bits per heavy atom. The summed E-state index contributed by atoms with van der Waals surface area (Å²) in [6.07, 6.45) is 3.58. The van der Waals surface area contributed by atoms with E-state index in [2.05, 4.69) is 10.3 Å². The Kier molecular flexibility index (Phi) is 3.23. The number of aromatic nitrogens is 1. The van der Waals surface area contributed by atoms with Crippen LogP contribution in [-0.2, 0) is 0 Å². The van der Waals surface area contributed by atoms with Crippen LogP contribution in [0.4, 0.5) is 11.5 Å². The molecule has 0 radical (unpaired) electrons. The van der Waals surface area contributed by atoms with Crippen molar-refractivity contribution in [2.24, 2.45) is 0 Å². The number of nitrogens with zero attached hydrogens (tertiary/aromatic N) is 2. The molecule has 2 N–H and O–H groups in total. The van der Waals surface area contributed by atoms with Crippen LogP contribution in [0.15, 0.2) is 12.3 Å². The highest BCUT2D eigenvalue weighted by Crippen LogP contribution is 2.24. The van der Waals surface area contributed by atoms with Gasteiger partial charge in [0.2, 0.25) is 0 Å². The van der Waals surface area contributed by atoms with E-state index >= 15 is 0 Å². The Hall–Kier alpha value is -1.69. The van der Waals surface area contributed by atoms with Crippen molar-refractivity contribution in [2.75, 3.05) is 5.32 Å². The first kappa shape index (κ1) is 11.8. The van der Waals surface area contributed by atoms with E-state index in [1.165, 1.54) is 6.20 Å². The van der Waals surface area contributed by atoms with Gasteiger partial charge in [-0.1, -0.05) is 0 Å². The summed E-state index contributed by atoms with van der Waals surface area (Å²) < 4.78 is 0. The largest absolute Gasteiger partial charge is 0.391 e. The molecule has 0 bridgehead atoms. The summed E-state index contributed by atoms with van der Waals surface area (Å²) in [4.78, 5) is 14.2. The summed E-state index contributed by atoms with van der Waals surface area (Å²) in [6.45, 7) is 1.68. The molecule has 0 saturated heterocycles. The average molecular weight is 237 g/mol. The van der Waals surface area contributed by atoms with Crippen LogP contribution < -0.4 is 5.32 Å². The topological polar surface area (TPSA) is 88.3 Å². The van der Waals surface area contributed by atoms with Gasteiger partial charge in [-0.2, -0.15) is 0 Å². The molecule has 17 heavy (non-hydrogen) atoms. The summed E-state index contributed by atoms with van der Waals surface area (Å²) >= 11 is 0. The Morgan fingerprint density at radius 1 is 1.59 bits per heavy atom. The number of hydrogen-bond acceptors (Lipinski definition) is 5. The summed E-state index contributed by atoms with van der Waals surface area (Å²) in [6, 6.07) is 1.65. The van der Waals surface area contributed by atoms with E-state index in [0.29, 0.717) is 11.4 Å². The fraction of sp³-hybridized carbons (Fsp3) is 0.545. The maximum atomic E-state index is 10.6. The molecule has 0 aliphatic heterocycles. The molecule has 6 nitrogen and oxygen atoms in total. The van der Waals surface area contributed by atoms with Crippen LogP contribution in [0.2, 0.25) is 0 Å². The quantitative estimate of drug-likeness (QED) is 0.616. The van der Waals surface area contributed by atoms with Crippen molar-refractivity contribution in [3.05, 3.63) is 27.9 Å². The van der Waals surface area contributed by atoms with Gasteiger partial charge in [-0.15, -0.1) is 0 Å². The fourth-order valence-corrected chi connectivity index (χ4v) is 2.12. The molecule has 6 heteroatoms. The third-order valence-corrected chi connectivity index (χ3v) is 3.09. The molecule has 1 aliphatic carbocycles. The number of aliphatic hydroxyl groups is 1. The second-order valence-corrected chi connectivity index (χ2v) is 4.36. The monoisotopic (exact) mass is 237 g/mol. The van der Waals surface area contributed by atoms with Crippen LogP contribution in [0.1, 0.15) is 24.8 Å². The number of nitro groups is 1. The summed E-state index contributed by atoms with van der Waals surface area (Å²) in [5, 5.41) is 23.4. The van der Waals surface area contributed by atoms with Crippen molar-refractivity contribution < 1.29 is 10.0 Å². The van der Waals surface area contributed by atoms with Gasteiger partial charge in [0.05, 0.1) is 17.1 Å². The first-order valence-electron chi connectivity index (χ1n) is 5.63. The minimum atomic E-state index is -0.448. The highest BCUT2D eigenvalue weighted by molar-refractivity contribution is 5.47. The number of nitrogens with one attached hydrogen (secondary N) is 1. The van der Waals surface area contributed by atoms with Crippen LogP contribution in [-0.4, -0.2) is 27.2 Å². The van der Waals surface area contributed by atoms with Gasteiger partial charge in [-0.25, -0.2) is 4.98 Å². The minimum Gasteiger partial charge on any atom is -0.391 e. The molecule has 2 atom stereocenters. The third-order valence-electron chi connectivity index (χ3n) is 3.09. The van der Waals surface area contributed by atoms with Gasteiger partial charge in [0.25, 0.3) is 5.69 Å². The number of anilines is 1. The lowest BCUT2D eigenvalue weighted by Crippen LogP contribution is -2.28. The van der Waals surface area contributed by atoms with E-state index in [1.54, 1.807) is 13.0 Å². The van der Waals surface area contributed by atoms with Gasteiger partial charge in [0.1, 0.15) is 12.0 Å². The van der Waals surface area contributed by atoms with Crippen LogP contribution >= 0.6 is 0 Å². The summed E-state index contributed by atoms with van der Waals surface area (Å²) in [5.41, 5.74) is 0.586. The van der Waals surface area contributed by atoms with Gasteiger partial charge < -0.3 is 10.4 Å². The van der Waals surface area contributed by atoms with Gasteiger partial charge >= 0.3 is 0 Å². The van der Waals surface area contributed by atoms with Crippen LogP contribution in [0.25, 0.3) is 0 Å². The molecule has 1 fully saturated rings. The van der Waals surface area contributed by atoms with Crippen molar-refractivity contribution in [3.8, 4) is 0 Å². The molecule has 0 spiro atoms. The Morgan fingerprint density at radius 2 is 2.35 bits per heavy atom. The molecule has 0 amide bonds. The van der Waals surface area contributed by atoms with E-state index in [-0.39, 0.29) is 17.8 Å². The van der Waals surface area contributed by atoms with E-state index in [1.807, 2.05) is 0 Å². The minimum absolute atomic E-state index is 0.00311. The first-order valence-corrected chi connectivity index (χ1v) is 5.63. The van der Waals surface area contributed by atoms with Crippen molar-refractivity contribution >= 4 is 11.5 Å². The highest BCUT2D eigenvalue weighted by Gasteiger charge is 2.25. The van der Waals surface area contributed by atoms with Crippen LogP contribution in [0.3, 0.4) is 0 Å². The smallest absolute Gasteiger partial charge is 0.290 e. The second-order valence-electron chi connectivity index (χ2n) is 4.36. The zero-order valence-electron chi connectivity index (χ0n) is 9.59. The number of aliphatic hydroxyl groups excluding tert-OH is 1. The normalized spacial score (nSPS) is 23.6. The van der Waals surface area contributed by atoms with Crippen molar-refractivity contribution in [3.63, 3.8) is 0 Å². The zero-order valence-corrected chi connectivity index (χ0v) is 9.59. The SMILES string of the molecule is Cc1cc(NC2CCCC2O)ncc1[N+](=O)[O-]. The Balaban J connectivity index is 2.12. The van der Waals surface area contributed by atoms with E-state index in [0.717, 1.165) is 19.3 Å². The molecule has 1 aromatic rings. The average Bonchev–Trinajstić information content (AvgIpc) is 2.64. The summed E-state index contributed by atoms with van der Waals surface area (Å²) in [7, 11) is 0. The fourth-order valence-electron chi connectivity index (χ4n) is 2.12. The molecule has 2 unspecified atom stereocenters. The van der Waals surface area contributed by atoms with Gasteiger partial charge in [-0.3, -0.25) is 10.1 Å². The highest BCUT2D eigenvalue weighted by atomic mass is 16.6. The molecule has 1 aliphatic rings. The molecular formula is C11H15N3O3. The number of pyridine rings is 1. The first-order chi connectivity index (χ1) is 8.08. The predicted octanol–water partition coefficient (Wildman–Crippen LogP) is 1.62. The Bertz CT molecular complexity index is 436. The van der Waals surface area contributed by atoms with E-state index in [9.17, 15) is 15.2 Å². The molecule has 0 aromatic carbocycles. The molecule has 1 saturated carbocycles. The number of aryl methyl sites for hydroxylation is 1. The molecular weight excluding hydrogens is 222 g/mol. The zero-order chi connectivity index (χ0) is 12.4. The van der Waals surface area contributed by atoms with Gasteiger partial charge in [-0.05, 0) is 32.3 Å². The molecule has 2 rings (SSSR count). The lowest BCUT2D eigenvalue weighted by atomic mass is 10.2. The Labute approximate surface area is 98.8 Å². The molecule has 1 heterocycles.